The van der Waals surface area contributed by atoms with Crippen LogP contribution in [0.1, 0.15) is 23.4 Å². The molecule has 114 valence electrons. The Balaban J connectivity index is 1.76. The molecule has 0 bridgehead atoms. The van der Waals surface area contributed by atoms with Crippen LogP contribution in [-0.2, 0) is 11.2 Å². The van der Waals surface area contributed by atoms with Crippen LogP contribution >= 0.6 is 11.8 Å². The predicted octanol–water partition coefficient (Wildman–Crippen LogP) is 4.03. The third kappa shape index (κ3) is 3.17. The van der Waals surface area contributed by atoms with Gasteiger partial charge in [0.1, 0.15) is 11.2 Å². The van der Waals surface area contributed by atoms with E-state index in [9.17, 15) is 9.18 Å². The maximum Gasteiger partial charge on any atom is 0.236 e. The van der Waals surface area contributed by atoms with E-state index >= 15 is 0 Å². The zero-order valence-corrected chi connectivity index (χ0v) is 13.2. The number of nitrogens with zero attached hydrogens (tertiary/aromatic N) is 1. The number of hydrogen-bond donors (Lipinski definition) is 0. The molecule has 1 amide bonds. The average molecular weight is 315 g/mol. The van der Waals surface area contributed by atoms with Crippen LogP contribution < -0.4 is 0 Å². The molecule has 0 aromatic heterocycles. The van der Waals surface area contributed by atoms with Crippen LogP contribution in [0.15, 0.2) is 54.6 Å². The Morgan fingerprint density at radius 2 is 1.77 bits per heavy atom. The van der Waals surface area contributed by atoms with Crippen LogP contribution in [0.2, 0.25) is 0 Å². The highest BCUT2D eigenvalue weighted by atomic mass is 32.2. The van der Waals surface area contributed by atoms with Crippen LogP contribution in [0.5, 0.6) is 0 Å². The number of rotatable bonds is 4. The monoisotopic (exact) mass is 315 g/mol. The molecule has 0 unspecified atom stereocenters. The number of hydrogen-bond acceptors (Lipinski definition) is 2. The second-order valence-corrected chi connectivity index (χ2v) is 6.88. The van der Waals surface area contributed by atoms with Crippen molar-refractivity contribution in [3.05, 3.63) is 71.5 Å². The minimum absolute atomic E-state index is 0.0215. The lowest BCUT2D eigenvalue weighted by Crippen LogP contribution is -2.32. The van der Waals surface area contributed by atoms with Gasteiger partial charge in [-0.05, 0) is 36.6 Å². The second kappa shape index (κ2) is 6.53. The summed E-state index contributed by atoms with van der Waals surface area (Å²) < 4.78 is 13.1. The van der Waals surface area contributed by atoms with Gasteiger partial charge in [-0.1, -0.05) is 42.5 Å². The summed E-state index contributed by atoms with van der Waals surface area (Å²) in [5, 5.41) is -0.0716. The summed E-state index contributed by atoms with van der Waals surface area (Å²) in [5.74, 6) is -0.0859. The Morgan fingerprint density at radius 3 is 2.45 bits per heavy atom. The molecule has 2 aromatic rings. The van der Waals surface area contributed by atoms with E-state index in [1.165, 1.54) is 17.7 Å². The van der Waals surface area contributed by atoms with E-state index in [-0.39, 0.29) is 22.3 Å². The molecule has 0 saturated carbocycles. The van der Waals surface area contributed by atoms with Crippen molar-refractivity contribution < 1.29 is 9.18 Å². The van der Waals surface area contributed by atoms with Gasteiger partial charge in [0, 0.05) is 6.54 Å². The molecule has 1 saturated heterocycles. The van der Waals surface area contributed by atoms with E-state index in [4.69, 9.17) is 0 Å². The molecule has 1 aliphatic rings. The first kappa shape index (κ1) is 15.1. The van der Waals surface area contributed by atoms with Crippen molar-refractivity contribution in [1.82, 2.24) is 4.90 Å². The highest BCUT2D eigenvalue weighted by Gasteiger charge is 2.37. The number of carbonyl (C=O) groups excluding carboxylic acids is 1. The highest BCUT2D eigenvalue weighted by molar-refractivity contribution is 8.01. The van der Waals surface area contributed by atoms with Crippen molar-refractivity contribution in [3.8, 4) is 0 Å². The van der Waals surface area contributed by atoms with E-state index in [0.29, 0.717) is 6.54 Å². The molecule has 0 spiro atoms. The third-order valence-corrected chi connectivity index (χ3v) is 5.28. The van der Waals surface area contributed by atoms with Crippen LogP contribution in [0, 0.1) is 5.82 Å². The topological polar surface area (TPSA) is 20.3 Å². The first-order valence-electron chi connectivity index (χ1n) is 7.40. The smallest absolute Gasteiger partial charge is 0.236 e. The van der Waals surface area contributed by atoms with E-state index in [0.717, 1.165) is 12.0 Å². The Hall–Kier alpha value is -1.81. The van der Waals surface area contributed by atoms with Crippen molar-refractivity contribution in [3.63, 3.8) is 0 Å². The summed E-state index contributed by atoms with van der Waals surface area (Å²) in [6.45, 7) is 2.62. The van der Waals surface area contributed by atoms with Gasteiger partial charge in [-0.15, -0.1) is 11.8 Å². The Kier molecular flexibility index (Phi) is 4.48. The first-order chi connectivity index (χ1) is 10.6. The highest BCUT2D eigenvalue weighted by Crippen LogP contribution is 2.42. The predicted molar refractivity (Wildman–Crippen MR) is 88.1 cm³/mol. The fraction of sp³-hybridized carbons (Fsp3) is 0.278. The zero-order valence-electron chi connectivity index (χ0n) is 12.4. The number of amides is 1. The van der Waals surface area contributed by atoms with Gasteiger partial charge < -0.3 is 4.90 Å². The van der Waals surface area contributed by atoms with Crippen molar-refractivity contribution in [1.29, 1.82) is 0 Å². The summed E-state index contributed by atoms with van der Waals surface area (Å²) in [7, 11) is 0. The molecule has 0 aliphatic carbocycles. The largest absolute Gasteiger partial charge is 0.325 e. The van der Waals surface area contributed by atoms with Gasteiger partial charge >= 0.3 is 0 Å². The molecule has 4 heteroatoms. The van der Waals surface area contributed by atoms with Gasteiger partial charge in [-0.25, -0.2) is 4.39 Å². The molecule has 2 atom stereocenters. The van der Waals surface area contributed by atoms with Gasteiger partial charge in [0.15, 0.2) is 0 Å². The van der Waals surface area contributed by atoms with Crippen molar-refractivity contribution >= 4 is 17.7 Å². The average Bonchev–Trinajstić information content (AvgIpc) is 2.82. The summed E-state index contributed by atoms with van der Waals surface area (Å²) in [6, 6.07) is 16.6. The van der Waals surface area contributed by atoms with E-state index in [1.807, 2.05) is 30.0 Å². The van der Waals surface area contributed by atoms with Gasteiger partial charge in [-0.2, -0.15) is 0 Å². The molecule has 2 aromatic carbocycles. The lowest BCUT2D eigenvalue weighted by molar-refractivity contribution is -0.129. The lowest BCUT2D eigenvalue weighted by Gasteiger charge is -2.24. The summed E-state index contributed by atoms with van der Waals surface area (Å²) in [5.41, 5.74) is 2.20. The van der Waals surface area contributed by atoms with Crippen LogP contribution in [-0.4, -0.2) is 22.6 Å². The maximum absolute atomic E-state index is 13.1. The molecular weight excluding hydrogens is 297 g/mol. The van der Waals surface area contributed by atoms with Crippen molar-refractivity contribution in [2.45, 2.75) is 24.0 Å². The molecule has 1 fully saturated rings. The van der Waals surface area contributed by atoms with Crippen molar-refractivity contribution in [2.75, 3.05) is 6.54 Å². The normalized spacial score (nSPS) is 21.4. The maximum atomic E-state index is 13.1. The number of halogens is 1. The SMILES string of the molecule is C[C@@H]1S[C@H](c2ccc(F)cc2)N(CCc2ccccc2)C1=O. The van der Waals surface area contributed by atoms with Crippen LogP contribution in [0.4, 0.5) is 4.39 Å². The van der Waals surface area contributed by atoms with Crippen LogP contribution in [0.25, 0.3) is 0 Å². The fourth-order valence-corrected chi connectivity index (χ4v) is 3.99. The minimum Gasteiger partial charge on any atom is -0.325 e. The van der Waals surface area contributed by atoms with Gasteiger partial charge in [0.25, 0.3) is 0 Å². The van der Waals surface area contributed by atoms with Gasteiger partial charge in [-0.3, -0.25) is 4.79 Å². The second-order valence-electron chi connectivity index (χ2n) is 5.45. The zero-order chi connectivity index (χ0) is 15.5. The van der Waals surface area contributed by atoms with Gasteiger partial charge in [0.2, 0.25) is 5.91 Å². The Labute approximate surface area is 134 Å². The molecule has 22 heavy (non-hydrogen) atoms. The summed E-state index contributed by atoms with van der Waals surface area (Å²) in [6.07, 6.45) is 0.831. The number of thioether (sulfide) groups is 1. The fourth-order valence-electron chi connectivity index (χ4n) is 2.68. The van der Waals surface area contributed by atoms with E-state index in [1.54, 1.807) is 23.9 Å². The molecule has 1 aliphatic heterocycles. The number of carbonyl (C=O) groups is 1. The van der Waals surface area contributed by atoms with E-state index < -0.39 is 0 Å². The third-order valence-electron chi connectivity index (χ3n) is 3.89. The summed E-state index contributed by atoms with van der Waals surface area (Å²) >= 11 is 1.63. The molecule has 2 nitrogen and oxygen atoms in total. The molecule has 1 heterocycles. The minimum atomic E-state index is -0.248. The van der Waals surface area contributed by atoms with Crippen LogP contribution in [0.3, 0.4) is 0 Å². The lowest BCUT2D eigenvalue weighted by atomic mass is 10.1. The Bertz CT molecular complexity index is 644. The van der Waals surface area contributed by atoms with Crippen molar-refractivity contribution in [2.24, 2.45) is 0 Å². The molecule has 0 radical (unpaired) electrons. The summed E-state index contributed by atoms with van der Waals surface area (Å²) in [4.78, 5) is 14.3. The van der Waals surface area contributed by atoms with E-state index in [2.05, 4.69) is 12.1 Å². The number of benzene rings is 2. The quantitative estimate of drug-likeness (QED) is 0.849. The molecule has 3 rings (SSSR count). The first-order valence-corrected chi connectivity index (χ1v) is 8.35. The molecule has 0 N–H and O–H groups in total. The molecular formula is C18H18FNOS. The standard InChI is InChI=1S/C18H18FNOS/c1-13-17(21)20(12-11-14-5-3-2-4-6-14)18(22-13)15-7-9-16(19)10-8-15/h2-10,13,18H,11-12H2,1H3/t13-,18+/m0/s1. The Morgan fingerprint density at radius 1 is 1.09 bits per heavy atom. The van der Waals surface area contributed by atoms with Gasteiger partial charge in [0.05, 0.1) is 5.25 Å².